The van der Waals surface area contributed by atoms with Crippen LogP contribution in [0.15, 0.2) is 0 Å². The maximum atomic E-state index is 10.6. The number of nitrogens with one attached hydrogen (secondary N) is 1. The lowest BCUT2D eigenvalue weighted by atomic mass is 9.95. The first-order valence-electron chi connectivity index (χ1n) is 5.00. The van der Waals surface area contributed by atoms with Gasteiger partial charge >= 0.3 is 0 Å². The van der Waals surface area contributed by atoms with Gasteiger partial charge in [-0.15, -0.1) is 0 Å². The molecule has 0 rings (SSSR count). The molecule has 0 fully saturated rings. The zero-order chi connectivity index (χ0) is 10.3. The van der Waals surface area contributed by atoms with Crippen molar-refractivity contribution in [1.82, 2.24) is 5.32 Å². The minimum atomic E-state index is -0.270. The number of aliphatic hydroxyl groups excluding tert-OH is 1. The summed E-state index contributed by atoms with van der Waals surface area (Å²) in [6.45, 7) is 6.10. The highest BCUT2D eigenvalue weighted by Gasteiger charge is 2.13. The van der Waals surface area contributed by atoms with E-state index in [1.165, 1.54) is 6.92 Å². The van der Waals surface area contributed by atoms with E-state index in [1.807, 2.05) is 6.92 Å². The Morgan fingerprint density at radius 3 is 2.46 bits per heavy atom. The molecule has 0 aliphatic heterocycles. The Balaban J connectivity index is 3.62. The molecule has 1 amide bonds. The first-order chi connectivity index (χ1) is 6.07. The molecule has 0 bridgehead atoms. The van der Waals surface area contributed by atoms with E-state index >= 15 is 0 Å². The van der Waals surface area contributed by atoms with Gasteiger partial charge in [0.1, 0.15) is 0 Å². The molecule has 0 spiro atoms. The zero-order valence-electron chi connectivity index (χ0n) is 8.84. The monoisotopic (exact) mass is 187 g/mol. The van der Waals surface area contributed by atoms with Crippen molar-refractivity contribution in [3.8, 4) is 0 Å². The van der Waals surface area contributed by atoms with Crippen LogP contribution in [-0.4, -0.2) is 23.7 Å². The normalized spacial score (nSPS) is 15.1. The second kappa shape index (κ2) is 6.89. The van der Waals surface area contributed by atoms with Gasteiger partial charge in [-0.05, 0) is 25.7 Å². The predicted molar refractivity (Wildman–Crippen MR) is 53.4 cm³/mol. The molecule has 2 atom stereocenters. The van der Waals surface area contributed by atoms with Crippen LogP contribution in [0.4, 0.5) is 0 Å². The van der Waals surface area contributed by atoms with E-state index < -0.39 is 0 Å². The molecule has 0 heterocycles. The molecule has 0 aromatic carbocycles. The highest BCUT2D eigenvalue weighted by Crippen LogP contribution is 2.14. The molecular formula is C10H21NO2. The van der Waals surface area contributed by atoms with Crippen LogP contribution in [0.25, 0.3) is 0 Å². The van der Waals surface area contributed by atoms with E-state index in [1.54, 1.807) is 0 Å². The van der Waals surface area contributed by atoms with E-state index in [9.17, 15) is 9.90 Å². The fraction of sp³-hybridized carbons (Fsp3) is 0.900. The molecule has 0 aromatic rings. The zero-order valence-corrected chi connectivity index (χ0v) is 8.84. The molecule has 3 nitrogen and oxygen atoms in total. The average molecular weight is 187 g/mol. The van der Waals surface area contributed by atoms with Crippen LogP contribution in [0, 0.1) is 5.92 Å². The molecule has 3 heteroatoms. The Morgan fingerprint density at radius 1 is 1.46 bits per heavy atom. The molecule has 13 heavy (non-hydrogen) atoms. The largest absolute Gasteiger partial charge is 0.393 e. The van der Waals surface area contributed by atoms with Gasteiger partial charge in [0, 0.05) is 13.5 Å². The Kier molecular flexibility index (Phi) is 6.59. The van der Waals surface area contributed by atoms with Gasteiger partial charge < -0.3 is 10.4 Å². The van der Waals surface area contributed by atoms with Crippen molar-refractivity contribution in [1.29, 1.82) is 0 Å². The lowest BCUT2D eigenvalue weighted by molar-refractivity contribution is -0.119. The number of carbonyl (C=O) groups excluding carboxylic acids is 1. The van der Waals surface area contributed by atoms with Gasteiger partial charge in [-0.25, -0.2) is 0 Å². The number of hydrogen-bond donors (Lipinski definition) is 2. The maximum Gasteiger partial charge on any atom is 0.216 e. The third kappa shape index (κ3) is 6.58. The van der Waals surface area contributed by atoms with Crippen molar-refractivity contribution < 1.29 is 9.90 Å². The Bertz CT molecular complexity index is 146. The molecule has 2 unspecified atom stereocenters. The summed E-state index contributed by atoms with van der Waals surface area (Å²) < 4.78 is 0. The van der Waals surface area contributed by atoms with Crippen LogP contribution in [-0.2, 0) is 4.79 Å². The van der Waals surface area contributed by atoms with E-state index in [0.717, 1.165) is 19.3 Å². The molecule has 0 radical (unpaired) electrons. The third-order valence-electron chi connectivity index (χ3n) is 2.23. The molecule has 0 aliphatic rings. The maximum absolute atomic E-state index is 10.6. The molecule has 0 saturated heterocycles. The summed E-state index contributed by atoms with van der Waals surface area (Å²) in [5.74, 6) is 0.317. The smallest absolute Gasteiger partial charge is 0.216 e. The van der Waals surface area contributed by atoms with E-state index in [-0.39, 0.29) is 12.0 Å². The fourth-order valence-corrected chi connectivity index (χ4v) is 1.43. The predicted octanol–water partition coefficient (Wildman–Crippen LogP) is 1.31. The van der Waals surface area contributed by atoms with Gasteiger partial charge in [-0.2, -0.15) is 0 Å². The Hall–Kier alpha value is -0.570. The summed E-state index contributed by atoms with van der Waals surface area (Å²) in [4.78, 5) is 10.6. The van der Waals surface area contributed by atoms with Crippen LogP contribution in [0.2, 0.25) is 0 Å². The molecule has 0 saturated carbocycles. The summed E-state index contributed by atoms with van der Waals surface area (Å²) in [6, 6.07) is 0. The van der Waals surface area contributed by atoms with Crippen molar-refractivity contribution >= 4 is 5.91 Å². The minimum absolute atomic E-state index is 0.000779. The second-order valence-corrected chi connectivity index (χ2v) is 3.56. The topological polar surface area (TPSA) is 49.3 Å². The van der Waals surface area contributed by atoms with Gasteiger partial charge in [0.05, 0.1) is 6.10 Å². The average Bonchev–Trinajstić information content (AvgIpc) is 2.02. The molecule has 0 aliphatic carbocycles. The van der Waals surface area contributed by atoms with E-state index in [0.29, 0.717) is 12.5 Å². The molecule has 2 N–H and O–H groups in total. The van der Waals surface area contributed by atoms with Gasteiger partial charge in [-0.1, -0.05) is 13.3 Å². The molecular weight excluding hydrogens is 166 g/mol. The van der Waals surface area contributed by atoms with Crippen LogP contribution in [0.5, 0.6) is 0 Å². The van der Waals surface area contributed by atoms with Crippen molar-refractivity contribution in [3.05, 3.63) is 0 Å². The highest BCUT2D eigenvalue weighted by molar-refractivity contribution is 5.72. The first-order valence-corrected chi connectivity index (χ1v) is 5.00. The van der Waals surface area contributed by atoms with Crippen molar-refractivity contribution in [2.75, 3.05) is 6.54 Å². The number of carbonyl (C=O) groups is 1. The lowest BCUT2D eigenvalue weighted by Gasteiger charge is -2.18. The first kappa shape index (κ1) is 12.4. The number of rotatable bonds is 6. The fourth-order valence-electron chi connectivity index (χ4n) is 1.43. The summed E-state index contributed by atoms with van der Waals surface area (Å²) >= 11 is 0. The van der Waals surface area contributed by atoms with Gasteiger partial charge in [0.25, 0.3) is 0 Å². The van der Waals surface area contributed by atoms with Crippen molar-refractivity contribution in [3.63, 3.8) is 0 Å². The minimum Gasteiger partial charge on any atom is -0.393 e. The highest BCUT2D eigenvalue weighted by atomic mass is 16.3. The van der Waals surface area contributed by atoms with Crippen molar-refractivity contribution in [2.45, 2.75) is 46.1 Å². The van der Waals surface area contributed by atoms with E-state index in [4.69, 9.17) is 0 Å². The SMILES string of the molecule is CCCC(CCNC(C)=O)C(C)O. The van der Waals surface area contributed by atoms with Crippen LogP contribution in [0.1, 0.15) is 40.0 Å². The third-order valence-corrected chi connectivity index (χ3v) is 2.23. The van der Waals surface area contributed by atoms with E-state index in [2.05, 4.69) is 12.2 Å². The summed E-state index contributed by atoms with van der Waals surface area (Å²) in [6.07, 6.45) is 2.70. The quantitative estimate of drug-likeness (QED) is 0.658. The molecule has 78 valence electrons. The summed E-state index contributed by atoms with van der Waals surface area (Å²) in [7, 11) is 0. The Labute approximate surface area is 80.5 Å². The number of hydrogen-bond acceptors (Lipinski definition) is 2. The van der Waals surface area contributed by atoms with Gasteiger partial charge in [0.2, 0.25) is 5.91 Å². The summed E-state index contributed by atoms with van der Waals surface area (Å²) in [5, 5.41) is 12.1. The van der Waals surface area contributed by atoms with Crippen LogP contribution >= 0.6 is 0 Å². The Morgan fingerprint density at radius 2 is 2.08 bits per heavy atom. The van der Waals surface area contributed by atoms with Crippen molar-refractivity contribution in [2.24, 2.45) is 5.92 Å². The molecule has 0 aromatic heterocycles. The standard InChI is InChI=1S/C10H21NO2/c1-4-5-10(8(2)12)6-7-11-9(3)13/h8,10,12H,4-7H2,1-3H3,(H,11,13). The van der Waals surface area contributed by atoms with Gasteiger partial charge in [0.15, 0.2) is 0 Å². The van der Waals surface area contributed by atoms with Crippen LogP contribution < -0.4 is 5.32 Å². The lowest BCUT2D eigenvalue weighted by Crippen LogP contribution is -2.26. The van der Waals surface area contributed by atoms with Gasteiger partial charge in [-0.3, -0.25) is 4.79 Å². The number of amides is 1. The summed E-state index contributed by atoms with van der Waals surface area (Å²) in [5.41, 5.74) is 0. The van der Waals surface area contributed by atoms with Crippen LogP contribution in [0.3, 0.4) is 0 Å². The number of aliphatic hydroxyl groups is 1. The second-order valence-electron chi connectivity index (χ2n) is 3.56.